The van der Waals surface area contributed by atoms with Crippen LogP contribution in [0.15, 0.2) is 59.3 Å². The van der Waals surface area contributed by atoms with Crippen molar-refractivity contribution in [1.82, 2.24) is 15.0 Å². The molecule has 2 aromatic carbocycles. The molecule has 0 radical (unpaired) electrons. The van der Waals surface area contributed by atoms with Crippen molar-refractivity contribution >= 4 is 45.9 Å². The zero-order valence-electron chi connectivity index (χ0n) is 14.2. The van der Waals surface area contributed by atoms with Gasteiger partial charge in [-0.05, 0) is 42.5 Å². The summed E-state index contributed by atoms with van der Waals surface area (Å²) in [6.45, 7) is 1.47. The van der Waals surface area contributed by atoms with Crippen LogP contribution >= 0.6 is 11.6 Å². The number of hydrogen-bond acceptors (Lipinski definition) is 6. The minimum absolute atomic E-state index is 0.115. The second-order valence-corrected chi connectivity index (χ2v) is 6.25. The molecule has 0 spiro atoms. The first-order chi connectivity index (χ1) is 13.1. The third-order valence-corrected chi connectivity index (χ3v) is 3.94. The maximum Gasteiger partial charge on any atom is 0.230 e. The van der Waals surface area contributed by atoms with E-state index < -0.39 is 0 Å². The van der Waals surface area contributed by atoms with Gasteiger partial charge in [0.15, 0.2) is 5.58 Å². The second kappa shape index (κ2) is 7.05. The molecular formula is C19H14ClN5O2. The highest BCUT2D eigenvalue weighted by atomic mass is 35.5. The Morgan fingerprint density at radius 1 is 1.04 bits per heavy atom. The van der Waals surface area contributed by atoms with Gasteiger partial charge in [-0.2, -0.15) is 0 Å². The standard InChI is InChI=1S/C19H14ClN5O2/c1-11(26)23-14-3-5-15(6-4-14)24-19-21-9-12(10-22-19)18-25-16-8-13(20)2-7-17(16)27-18/h2-10H,1H3,(H,23,26)(H,21,22,24). The van der Waals surface area contributed by atoms with E-state index >= 15 is 0 Å². The van der Waals surface area contributed by atoms with E-state index in [2.05, 4.69) is 25.6 Å². The van der Waals surface area contributed by atoms with E-state index in [-0.39, 0.29) is 5.91 Å². The molecule has 0 fully saturated rings. The smallest absolute Gasteiger partial charge is 0.230 e. The Kier molecular flexibility index (Phi) is 4.43. The van der Waals surface area contributed by atoms with Crippen molar-refractivity contribution in [3.8, 4) is 11.5 Å². The number of carbonyl (C=O) groups is 1. The van der Waals surface area contributed by atoms with E-state index in [4.69, 9.17) is 16.0 Å². The van der Waals surface area contributed by atoms with Crippen LogP contribution in [0.2, 0.25) is 5.02 Å². The number of nitrogens with one attached hydrogen (secondary N) is 2. The number of benzene rings is 2. The molecule has 0 aliphatic carbocycles. The number of oxazole rings is 1. The summed E-state index contributed by atoms with van der Waals surface area (Å²) < 4.78 is 5.71. The SMILES string of the molecule is CC(=O)Nc1ccc(Nc2ncc(-c3nc4cc(Cl)ccc4o3)cn2)cc1. The topological polar surface area (TPSA) is 92.9 Å². The molecule has 4 aromatic rings. The molecule has 4 rings (SSSR count). The van der Waals surface area contributed by atoms with Gasteiger partial charge >= 0.3 is 0 Å². The molecule has 8 heteroatoms. The highest BCUT2D eigenvalue weighted by Gasteiger charge is 2.10. The van der Waals surface area contributed by atoms with E-state index in [1.165, 1.54) is 6.92 Å². The second-order valence-electron chi connectivity index (χ2n) is 5.81. The normalized spacial score (nSPS) is 10.7. The molecule has 7 nitrogen and oxygen atoms in total. The number of carbonyl (C=O) groups excluding carboxylic acids is 1. The molecule has 0 aliphatic rings. The molecule has 27 heavy (non-hydrogen) atoms. The quantitative estimate of drug-likeness (QED) is 0.536. The molecule has 0 saturated heterocycles. The lowest BCUT2D eigenvalue weighted by molar-refractivity contribution is -0.114. The summed E-state index contributed by atoms with van der Waals surface area (Å²) in [5.74, 6) is 0.750. The number of halogens is 1. The first-order valence-corrected chi connectivity index (χ1v) is 8.48. The molecule has 134 valence electrons. The fraction of sp³-hybridized carbons (Fsp3) is 0.0526. The molecule has 2 N–H and O–H groups in total. The van der Waals surface area contributed by atoms with Crippen LogP contribution in [0.5, 0.6) is 0 Å². The Morgan fingerprint density at radius 3 is 2.44 bits per heavy atom. The van der Waals surface area contributed by atoms with Gasteiger partial charge < -0.3 is 15.1 Å². The lowest BCUT2D eigenvalue weighted by atomic mass is 10.3. The molecule has 0 bridgehead atoms. The fourth-order valence-electron chi connectivity index (χ4n) is 2.50. The predicted octanol–water partition coefficient (Wildman–Crippen LogP) is 4.64. The van der Waals surface area contributed by atoms with Gasteiger partial charge in [0.2, 0.25) is 17.7 Å². The van der Waals surface area contributed by atoms with Crippen molar-refractivity contribution in [2.45, 2.75) is 6.92 Å². The first-order valence-electron chi connectivity index (χ1n) is 8.10. The highest BCUT2D eigenvalue weighted by molar-refractivity contribution is 6.31. The summed E-state index contributed by atoms with van der Waals surface area (Å²) in [5, 5.41) is 6.41. The molecule has 0 atom stereocenters. The summed E-state index contributed by atoms with van der Waals surface area (Å²) in [6, 6.07) is 12.5. The van der Waals surface area contributed by atoms with Crippen molar-refractivity contribution in [3.05, 3.63) is 59.9 Å². The Morgan fingerprint density at radius 2 is 1.74 bits per heavy atom. The summed E-state index contributed by atoms with van der Waals surface area (Å²) in [6.07, 6.45) is 3.26. The summed E-state index contributed by atoms with van der Waals surface area (Å²) in [4.78, 5) is 24.0. The average Bonchev–Trinajstić information content (AvgIpc) is 3.06. The van der Waals surface area contributed by atoms with Gasteiger partial charge in [0.25, 0.3) is 0 Å². The van der Waals surface area contributed by atoms with E-state index in [0.29, 0.717) is 33.5 Å². The zero-order valence-corrected chi connectivity index (χ0v) is 15.0. The maximum absolute atomic E-state index is 11.0. The minimum atomic E-state index is -0.115. The Hall–Kier alpha value is -3.45. The van der Waals surface area contributed by atoms with Crippen molar-refractivity contribution in [3.63, 3.8) is 0 Å². The zero-order chi connectivity index (χ0) is 18.8. The van der Waals surface area contributed by atoms with Crippen molar-refractivity contribution in [2.75, 3.05) is 10.6 Å². The number of hydrogen-bond donors (Lipinski definition) is 2. The van der Waals surface area contributed by atoms with Crippen molar-refractivity contribution < 1.29 is 9.21 Å². The van der Waals surface area contributed by atoms with Crippen LogP contribution in [0.4, 0.5) is 17.3 Å². The molecule has 2 aromatic heterocycles. The van der Waals surface area contributed by atoms with Crippen LogP contribution in [0.25, 0.3) is 22.6 Å². The Balaban J connectivity index is 1.50. The molecule has 0 unspecified atom stereocenters. The molecular weight excluding hydrogens is 366 g/mol. The van der Waals surface area contributed by atoms with E-state index in [0.717, 1.165) is 11.4 Å². The van der Waals surface area contributed by atoms with E-state index in [1.807, 2.05) is 12.1 Å². The van der Waals surface area contributed by atoms with Crippen molar-refractivity contribution in [1.29, 1.82) is 0 Å². The first kappa shape index (κ1) is 17.0. The van der Waals surface area contributed by atoms with Gasteiger partial charge in [0.1, 0.15) is 5.52 Å². The molecule has 2 heterocycles. The number of amides is 1. The number of nitrogens with zero attached hydrogens (tertiary/aromatic N) is 3. The third kappa shape index (κ3) is 3.88. The summed E-state index contributed by atoms with van der Waals surface area (Å²) in [7, 11) is 0. The lowest BCUT2D eigenvalue weighted by Gasteiger charge is -2.06. The number of anilines is 3. The Bertz CT molecular complexity index is 1110. The average molecular weight is 380 g/mol. The highest BCUT2D eigenvalue weighted by Crippen LogP contribution is 2.26. The van der Waals surface area contributed by atoms with Crippen LogP contribution < -0.4 is 10.6 Å². The lowest BCUT2D eigenvalue weighted by Crippen LogP contribution is -2.05. The molecule has 0 aliphatic heterocycles. The monoisotopic (exact) mass is 379 g/mol. The van der Waals surface area contributed by atoms with Gasteiger partial charge in [-0.3, -0.25) is 4.79 Å². The van der Waals surface area contributed by atoms with Gasteiger partial charge in [0.05, 0.1) is 5.56 Å². The van der Waals surface area contributed by atoms with Crippen LogP contribution in [0, 0.1) is 0 Å². The molecule has 0 saturated carbocycles. The van der Waals surface area contributed by atoms with Crippen LogP contribution in [-0.4, -0.2) is 20.9 Å². The van der Waals surface area contributed by atoms with Crippen LogP contribution in [-0.2, 0) is 4.79 Å². The number of fused-ring (bicyclic) bond motifs is 1. The largest absolute Gasteiger partial charge is 0.436 e. The number of rotatable bonds is 4. The third-order valence-electron chi connectivity index (χ3n) is 3.71. The van der Waals surface area contributed by atoms with Crippen LogP contribution in [0.1, 0.15) is 6.92 Å². The fourth-order valence-corrected chi connectivity index (χ4v) is 2.66. The van der Waals surface area contributed by atoms with Gasteiger partial charge in [-0.25, -0.2) is 15.0 Å². The van der Waals surface area contributed by atoms with E-state index in [1.54, 1.807) is 42.7 Å². The van der Waals surface area contributed by atoms with Gasteiger partial charge in [-0.1, -0.05) is 11.6 Å². The molecule has 1 amide bonds. The predicted molar refractivity (Wildman–Crippen MR) is 104 cm³/mol. The Labute approximate surface area is 159 Å². The van der Waals surface area contributed by atoms with E-state index in [9.17, 15) is 4.79 Å². The van der Waals surface area contributed by atoms with Gasteiger partial charge in [-0.15, -0.1) is 0 Å². The summed E-state index contributed by atoms with van der Waals surface area (Å²) in [5.41, 5.74) is 3.51. The van der Waals surface area contributed by atoms with Crippen molar-refractivity contribution in [2.24, 2.45) is 0 Å². The maximum atomic E-state index is 11.0. The summed E-state index contributed by atoms with van der Waals surface area (Å²) >= 11 is 5.97. The van der Waals surface area contributed by atoms with Crippen LogP contribution in [0.3, 0.4) is 0 Å². The minimum Gasteiger partial charge on any atom is -0.436 e. The number of aromatic nitrogens is 3. The van der Waals surface area contributed by atoms with Gasteiger partial charge in [0, 0.05) is 35.7 Å².